The molecule has 104 valence electrons. The Labute approximate surface area is 115 Å². The van der Waals surface area contributed by atoms with Crippen molar-refractivity contribution in [2.75, 3.05) is 20.3 Å². The molecule has 1 saturated heterocycles. The molecule has 0 aromatic heterocycles. The number of rotatable bonds is 5. The van der Waals surface area contributed by atoms with Gasteiger partial charge in [-0.05, 0) is 56.0 Å². The van der Waals surface area contributed by atoms with Gasteiger partial charge in [0, 0.05) is 19.1 Å². The number of aryl methyl sites for hydroxylation is 1. The van der Waals surface area contributed by atoms with E-state index in [1.807, 2.05) is 7.05 Å². The Morgan fingerprint density at radius 2 is 2.32 bits per heavy atom. The van der Waals surface area contributed by atoms with Gasteiger partial charge in [-0.3, -0.25) is 0 Å². The Morgan fingerprint density at radius 3 is 3.11 bits per heavy atom. The lowest BCUT2D eigenvalue weighted by molar-refractivity contribution is 0.0903. The molecule has 0 bridgehead atoms. The SMILES string of the molecule is CNC1CCc2cc(OCCC3CCCO3)ccc21. The lowest BCUT2D eigenvalue weighted by Crippen LogP contribution is -2.13. The molecule has 0 spiro atoms. The Hall–Kier alpha value is -1.06. The van der Waals surface area contributed by atoms with Crippen LogP contribution in [0.2, 0.25) is 0 Å². The summed E-state index contributed by atoms with van der Waals surface area (Å²) in [6.07, 6.45) is 6.18. The van der Waals surface area contributed by atoms with Crippen LogP contribution in [0.1, 0.15) is 42.9 Å². The highest BCUT2D eigenvalue weighted by Crippen LogP contribution is 2.33. The van der Waals surface area contributed by atoms with Gasteiger partial charge in [0.05, 0.1) is 12.7 Å². The van der Waals surface area contributed by atoms with Gasteiger partial charge in [0.2, 0.25) is 0 Å². The molecule has 2 aliphatic rings. The molecule has 1 aliphatic heterocycles. The largest absolute Gasteiger partial charge is 0.493 e. The molecule has 1 aromatic rings. The lowest BCUT2D eigenvalue weighted by Gasteiger charge is -2.13. The normalized spacial score (nSPS) is 25.5. The van der Waals surface area contributed by atoms with E-state index in [2.05, 4.69) is 23.5 Å². The molecule has 2 unspecified atom stereocenters. The van der Waals surface area contributed by atoms with E-state index in [1.165, 1.54) is 30.4 Å². The van der Waals surface area contributed by atoms with Crippen LogP contribution < -0.4 is 10.1 Å². The minimum atomic E-state index is 0.420. The number of hydrogen-bond acceptors (Lipinski definition) is 3. The predicted molar refractivity (Wildman–Crippen MR) is 75.6 cm³/mol. The first-order valence-corrected chi connectivity index (χ1v) is 7.41. The highest BCUT2D eigenvalue weighted by atomic mass is 16.5. The fourth-order valence-electron chi connectivity index (χ4n) is 3.16. The second kappa shape index (κ2) is 5.93. The molecular formula is C16H23NO2. The second-order valence-electron chi connectivity index (χ2n) is 5.51. The highest BCUT2D eigenvalue weighted by molar-refractivity contribution is 5.40. The van der Waals surface area contributed by atoms with Crippen molar-refractivity contribution in [3.8, 4) is 5.75 Å². The second-order valence-corrected chi connectivity index (χ2v) is 5.51. The molecule has 1 heterocycles. The molecule has 0 amide bonds. The topological polar surface area (TPSA) is 30.5 Å². The summed E-state index contributed by atoms with van der Waals surface area (Å²) in [5.41, 5.74) is 2.88. The van der Waals surface area contributed by atoms with Crippen molar-refractivity contribution >= 4 is 0 Å². The van der Waals surface area contributed by atoms with Gasteiger partial charge in [-0.2, -0.15) is 0 Å². The van der Waals surface area contributed by atoms with Crippen LogP contribution in [0.15, 0.2) is 18.2 Å². The van der Waals surface area contributed by atoms with E-state index in [-0.39, 0.29) is 0 Å². The molecule has 1 aliphatic carbocycles. The monoisotopic (exact) mass is 261 g/mol. The Balaban J connectivity index is 1.54. The third-order valence-electron chi connectivity index (χ3n) is 4.27. The maximum atomic E-state index is 5.86. The van der Waals surface area contributed by atoms with E-state index in [0.717, 1.165) is 31.8 Å². The zero-order valence-electron chi connectivity index (χ0n) is 11.7. The van der Waals surface area contributed by atoms with Gasteiger partial charge < -0.3 is 14.8 Å². The van der Waals surface area contributed by atoms with Crippen molar-refractivity contribution in [1.29, 1.82) is 0 Å². The van der Waals surface area contributed by atoms with Gasteiger partial charge in [0.25, 0.3) is 0 Å². The predicted octanol–water partition coefficient (Wildman–Crippen LogP) is 2.84. The minimum Gasteiger partial charge on any atom is -0.493 e. The van der Waals surface area contributed by atoms with E-state index in [4.69, 9.17) is 9.47 Å². The molecule has 1 aromatic carbocycles. The summed E-state index contributed by atoms with van der Waals surface area (Å²) in [6, 6.07) is 7.05. The maximum absolute atomic E-state index is 5.86. The van der Waals surface area contributed by atoms with E-state index in [0.29, 0.717) is 12.1 Å². The molecule has 1 fully saturated rings. The first-order valence-electron chi connectivity index (χ1n) is 7.41. The maximum Gasteiger partial charge on any atom is 0.119 e. The van der Waals surface area contributed by atoms with Crippen molar-refractivity contribution in [3.05, 3.63) is 29.3 Å². The summed E-state index contributed by atoms with van der Waals surface area (Å²) in [5.74, 6) is 1.01. The Morgan fingerprint density at radius 1 is 1.37 bits per heavy atom. The molecule has 3 rings (SSSR count). The van der Waals surface area contributed by atoms with Crippen LogP contribution >= 0.6 is 0 Å². The number of fused-ring (bicyclic) bond motifs is 1. The summed E-state index contributed by atoms with van der Waals surface area (Å²) in [7, 11) is 2.03. The third-order valence-corrected chi connectivity index (χ3v) is 4.27. The summed E-state index contributed by atoms with van der Waals surface area (Å²) in [6.45, 7) is 1.69. The fourth-order valence-corrected chi connectivity index (χ4v) is 3.16. The van der Waals surface area contributed by atoms with Crippen LogP contribution in [0.25, 0.3) is 0 Å². The number of ether oxygens (including phenoxy) is 2. The third kappa shape index (κ3) is 2.93. The summed E-state index contributed by atoms with van der Waals surface area (Å²) in [5, 5.41) is 3.36. The van der Waals surface area contributed by atoms with Crippen molar-refractivity contribution in [3.63, 3.8) is 0 Å². The number of benzene rings is 1. The summed E-state index contributed by atoms with van der Waals surface area (Å²) < 4.78 is 11.5. The molecule has 0 saturated carbocycles. The van der Waals surface area contributed by atoms with Crippen molar-refractivity contribution in [1.82, 2.24) is 5.32 Å². The zero-order valence-corrected chi connectivity index (χ0v) is 11.7. The first kappa shape index (κ1) is 12.9. The number of hydrogen-bond donors (Lipinski definition) is 1. The zero-order chi connectivity index (χ0) is 13.1. The van der Waals surface area contributed by atoms with E-state index in [9.17, 15) is 0 Å². The average molecular weight is 261 g/mol. The van der Waals surface area contributed by atoms with E-state index in [1.54, 1.807) is 0 Å². The van der Waals surface area contributed by atoms with Crippen molar-refractivity contribution in [2.45, 2.75) is 44.2 Å². The van der Waals surface area contributed by atoms with Gasteiger partial charge in [-0.25, -0.2) is 0 Å². The Bertz CT molecular complexity index is 427. The number of nitrogens with one attached hydrogen (secondary N) is 1. The molecule has 19 heavy (non-hydrogen) atoms. The summed E-state index contributed by atoms with van der Waals surface area (Å²) in [4.78, 5) is 0. The van der Waals surface area contributed by atoms with E-state index >= 15 is 0 Å². The fraction of sp³-hybridized carbons (Fsp3) is 0.625. The van der Waals surface area contributed by atoms with Crippen LogP contribution in [0, 0.1) is 0 Å². The van der Waals surface area contributed by atoms with E-state index < -0.39 is 0 Å². The first-order chi connectivity index (χ1) is 9.36. The standard InChI is InChI=1S/C16H23NO2/c1-17-16-7-4-12-11-14(5-6-15(12)16)19-10-8-13-3-2-9-18-13/h5-6,11,13,16-17H,2-4,7-10H2,1H3. The molecule has 2 atom stereocenters. The van der Waals surface area contributed by atoms with Crippen molar-refractivity contribution in [2.24, 2.45) is 0 Å². The van der Waals surface area contributed by atoms with Crippen LogP contribution in [-0.2, 0) is 11.2 Å². The quantitative estimate of drug-likeness (QED) is 0.884. The van der Waals surface area contributed by atoms with Gasteiger partial charge in [0.1, 0.15) is 5.75 Å². The minimum absolute atomic E-state index is 0.420. The smallest absolute Gasteiger partial charge is 0.119 e. The van der Waals surface area contributed by atoms with Crippen LogP contribution in [0.3, 0.4) is 0 Å². The van der Waals surface area contributed by atoms with Crippen LogP contribution in [0.4, 0.5) is 0 Å². The van der Waals surface area contributed by atoms with Crippen LogP contribution in [-0.4, -0.2) is 26.4 Å². The molecular weight excluding hydrogens is 238 g/mol. The highest BCUT2D eigenvalue weighted by Gasteiger charge is 2.21. The van der Waals surface area contributed by atoms with Gasteiger partial charge >= 0.3 is 0 Å². The Kier molecular flexibility index (Phi) is 4.04. The van der Waals surface area contributed by atoms with Gasteiger partial charge in [-0.15, -0.1) is 0 Å². The molecule has 3 heteroatoms. The van der Waals surface area contributed by atoms with Gasteiger partial charge in [-0.1, -0.05) is 6.07 Å². The van der Waals surface area contributed by atoms with Crippen LogP contribution in [0.5, 0.6) is 5.75 Å². The lowest BCUT2D eigenvalue weighted by atomic mass is 10.1. The van der Waals surface area contributed by atoms with Gasteiger partial charge in [0.15, 0.2) is 0 Å². The summed E-state index contributed by atoms with van der Waals surface area (Å²) >= 11 is 0. The molecule has 1 N–H and O–H groups in total. The average Bonchev–Trinajstić information content (AvgIpc) is 3.07. The molecule has 3 nitrogen and oxygen atoms in total. The molecule has 0 radical (unpaired) electrons. The van der Waals surface area contributed by atoms with Crippen molar-refractivity contribution < 1.29 is 9.47 Å².